The van der Waals surface area contributed by atoms with E-state index in [1.807, 2.05) is 0 Å². The molecule has 142 valence electrons. The van der Waals surface area contributed by atoms with Gasteiger partial charge in [-0.05, 0) is 74.5 Å². The molecule has 0 atom stereocenters. The van der Waals surface area contributed by atoms with Gasteiger partial charge < -0.3 is 4.74 Å². The molecule has 2 nitrogen and oxygen atoms in total. The van der Waals surface area contributed by atoms with Gasteiger partial charge in [0.25, 0.3) is 0 Å². The van der Waals surface area contributed by atoms with Gasteiger partial charge in [-0.3, -0.25) is 0 Å². The minimum Gasteiger partial charge on any atom is -0.374 e. The number of benzene rings is 1. The molecule has 0 bridgehead atoms. The Labute approximate surface area is 158 Å². The second kappa shape index (κ2) is 11.9. The highest BCUT2D eigenvalue weighted by molar-refractivity contribution is 5.22. The standard InChI is InChI=1S/C23H32FNO/c1-2-3-4-6-19-9-11-21(12-10-19)18-26-23-15-13-20(14-16-23)7-5-8-22(24)17-25/h8-12,20,23H,2-7,13-16,18H2,1H3/b22-8-/t20-,23-. The first-order valence-electron chi connectivity index (χ1n) is 10.2. The van der Waals surface area contributed by atoms with Gasteiger partial charge in [-0.15, -0.1) is 0 Å². The van der Waals surface area contributed by atoms with Gasteiger partial charge in [0.05, 0.1) is 12.7 Å². The van der Waals surface area contributed by atoms with Crippen LogP contribution in [0.1, 0.15) is 75.8 Å². The minimum atomic E-state index is -0.654. The Morgan fingerprint density at radius 3 is 2.50 bits per heavy atom. The number of aryl methyl sites for hydroxylation is 1. The Kier molecular flexibility index (Phi) is 9.42. The predicted octanol–water partition coefficient (Wildman–Crippen LogP) is 6.65. The largest absolute Gasteiger partial charge is 0.374 e. The zero-order valence-corrected chi connectivity index (χ0v) is 16.1. The highest BCUT2D eigenvalue weighted by Gasteiger charge is 2.21. The molecule has 1 fully saturated rings. The number of ether oxygens (including phenoxy) is 1. The van der Waals surface area contributed by atoms with Crippen LogP contribution in [-0.4, -0.2) is 6.10 Å². The van der Waals surface area contributed by atoms with Crippen molar-refractivity contribution < 1.29 is 9.13 Å². The van der Waals surface area contributed by atoms with E-state index in [1.54, 1.807) is 0 Å². The van der Waals surface area contributed by atoms with Crippen LogP contribution in [0.25, 0.3) is 0 Å². The third-order valence-electron chi connectivity index (χ3n) is 5.38. The lowest BCUT2D eigenvalue weighted by atomic mass is 9.84. The zero-order valence-electron chi connectivity index (χ0n) is 16.1. The molecule has 1 saturated carbocycles. The molecule has 0 saturated heterocycles. The van der Waals surface area contributed by atoms with Crippen LogP contribution in [0, 0.1) is 17.2 Å². The van der Waals surface area contributed by atoms with Gasteiger partial charge >= 0.3 is 0 Å². The molecular weight excluding hydrogens is 325 g/mol. The number of unbranched alkanes of at least 4 members (excludes halogenated alkanes) is 2. The maximum atomic E-state index is 12.8. The summed E-state index contributed by atoms with van der Waals surface area (Å²) in [5.74, 6) is -0.0154. The van der Waals surface area contributed by atoms with Crippen molar-refractivity contribution >= 4 is 0 Å². The smallest absolute Gasteiger partial charge is 0.196 e. The van der Waals surface area contributed by atoms with E-state index in [0.717, 1.165) is 32.1 Å². The van der Waals surface area contributed by atoms with Crippen LogP contribution in [0.2, 0.25) is 0 Å². The van der Waals surface area contributed by atoms with Crippen LogP contribution in [0.5, 0.6) is 0 Å². The van der Waals surface area contributed by atoms with Crippen molar-refractivity contribution in [2.45, 2.75) is 83.8 Å². The average Bonchev–Trinajstić information content (AvgIpc) is 2.68. The lowest BCUT2D eigenvalue weighted by Crippen LogP contribution is -2.21. The molecule has 1 aromatic rings. The van der Waals surface area contributed by atoms with Gasteiger partial charge in [-0.2, -0.15) is 9.65 Å². The molecule has 3 heteroatoms. The maximum Gasteiger partial charge on any atom is 0.196 e. The molecule has 1 aromatic carbocycles. The molecule has 2 rings (SSSR count). The topological polar surface area (TPSA) is 33.0 Å². The predicted molar refractivity (Wildman–Crippen MR) is 104 cm³/mol. The number of halogens is 1. The molecule has 0 radical (unpaired) electrons. The molecule has 0 aromatic heterocycles. The van der Waals surface area contributed by atoms with Crippen LogP contribution >= 0.6 is 0 Å². The van der Waals surface area contributed by atoms with Crippen LogP contribution < -0.4 is 0 Å². The molecule has 0 unspecified atom stereocenters. The van der Waals surface area contributed by atoms with Crippen LogP contribution in [0.3, 0.4) is 0 Å². The van der Waals surface area contributed by atoms with Crippen molar-refractivity contribution in [1.29, 1.82) is 5.26 Å². The van der Waals surface area contributed by atoms with Crippen LogP contribution in [0.15, 0.2) is 36.2 Å². The Bertz CT molecular complexity index is 579. The molecule has 26 heavy (non-hydrogen) atoms. The highest BCUT2D eigenvalue weighted by Crippen LogP contribution is 2.30. The lowest BCUT2D eigenvalue weighted by Gasteiger charge is -2.28. The summed E-state index contributed by atoms with van der Waals surface area (Å²) in [7, 11) is 0. The Morgan fingerprint density at radius 1 is 1.15 bits per heavy atom. The molecule has 1 aliphatic rings. The Hall–Kier alpha value is -1.66. The summed E-state index contributed by atoms with van der Waals surface area (Å²) < 4.78 is 18.9. The Morgan fingerprint density at radius 2 is 1.85 bits per heavy atom. The quantitative estimate of drug-likeness (QED) is 0.347. The van der Waals surface area contributed by atoms with Gasteiger partial charge in [-0.25, -0.2) is 0 Å². The molecule has 1 aliphatic carbocycles. The molecule has 0 spiro atoms. The van der Waals surface area contributed by atoms with E-state index in [2.05, 4.69) is 31.2 Å². The summed E-state index contributed by atoms with van der Waals surface area (Å²) in [6.07, 6.45) is 12.9. The molecule has 0 aliphatic heterocycles. The van der Waals surface area contributed by atoms with Crippen LogP contribution in [0.4, 0.5) is 4.39 Å². The fraction of sp³-hybridized carbons (Fsp3) is 0.609. The second-order valence-corrected chi connectivity index (χ2v) is 7.47. The average molecular weight is 358 g/mol. The van der Waals surface area contributed by atoms with E-state index < -0.39 is 5.83 Å². The van der Waals surface area contributed by atoms with Gasteiger partial charge in [0.2, 0.25) is 0 Å². The fourth-order valence-electron chi connectivity index (χ4n) is 3.67. The van der Waals surface area contributed by atoms with E-state index in [9.17, 15) is 4.39 Å². The fourth-order valence-corrected chi connectivity index (χ4v) is 3.67. The first-order valence-corrected chi connectivity index (χ1v) is 10.2. The van der Waals surface area contributed by atoms with E-state index in [0.29, 0.717) is 25.0 Å². The normalized spacial score (nSPS) is 20.7. The van der Waals surface area contributed by atoms with Crippen molar-refractivity contribution in [3.8, 4) is 6.07 Å². The van der Waals surface area contributed by atoms with Crippen LogP contribution in [-0.2, 0) is 17.8 Å². The van der Waals surface area contributed by atoms with Crippen molar-refractivity contribution in [3.63, 3.8) is 0 Å². The summed E-state index contributed by atoms with van der Waals surface area (Å²) in [6, 6.07) is 10.4. The highest BCUT2D eigenvalue weighted by atomic mass is 19.1. The second-order valence-electron chi connectivity index (χ2n) is 7.47. The van der Waals surface area contributed by atoms with Crippen molar-refractivity contribution in [1.82, 2.24) is 0 Å². The first kappa shape index (κ1) is 20.6. The zero-order chi connectivity index (χ0) is 18.6. The molecule has 0 amide bonds. The van der Waals surface area contributed by atoms with Crippen molar-refractivity contribution in [2.75, 3.05) is 0 Å². The number of allylic oxidation sites excluding steroid dienone is 2. The maximum absolute atomic E-state index is 12.8. The monoisotopic (exact) mass is 357 g/mol. The summed E-state index contributed by atoms with van der Waals surface area (Å²) in [5.41, 5.74) is 2.67. The third-order valence-corrected chi connectivity index (χ3v) is 5.38. The van der Waals surface area contributed by atoms with Gasteiger partial charge in [-0.1, -0.05) is 44.0 Å². The van der Waals surface area contributed by atoms with E-state index in [1.165, 1.54) is 49.0 Å². The van der Waals surface area contributed by atoms with Gasteiger partial charge in [0.15, 0.2) is 5.83 Å². The summed E-state index contributed by atoms with van der Waals surface area (Å²) in [6.45, 7) is 2.93. The van der Waals surface area contributed by atoms with Crippen molar-refractivity contribution in [2.24, 2.45) is 5.92 Å². The summed E-state index contributed by atoms with van der Waals surface area (Å²) in [4.78, 5) is 0. The number of rotatable bonds is 10. The van der Waals surface area contributed by atoms with Crippen molar-refractivity contribution in [3.05, 3.63) is 47.3 Å². The lowest BCUT2D eigenvalue weighted by molar-refractivity contribution is 0.00645. The SMILES string of the molecule is CCCCCc1ccc(CO[C@H]2CC[C@H](CC/C=C(\F)C#N)CC2)cc1. The number of nitrogens with zero attached hydrogens (tertiary/aromatic N) is 1. The number of hydrogen-bond acceptors (Lipinski definition) is 2. The summed E-state index contributed by atoms with van der Waals surface area (Å²) >= 11 is 0. The van der Waals surface area contributed by atoms with Gasteiger partial charge in [0.1, 0.15) is 6.07 Å². The van der Waals surface area contributed by atoms with E-state index in [-0.39, 0.29) is 0 Å². The number of hydrogen-bond donors (Lipinski definition) is 0. The molecule has 0 heterocycles. The van der Waals surface area contributed by atoms with E-state index >= 15 is 0 Å². The Balaban J connectivity index is 1.63. The van der Waals surface area contributed by atoms with E-state index in [4.69, 9.17) is 10.00 Å². The molecule has 0 N–H and O–H groups in total. The third kappa shape index (κ3) is 7.70. The van der Waals surface area contributed by atoms with Gasteiger partial charge in [0, 0.05) is 0 Å². The first-order chi connectivity index (χ1) is 12.7. The minimum absolute atomic E-state index is 0.349. The summed E-state index contributed by atoms with van der Waals surface area (Å²) in [5, 5.41) is 8.41. The number of nitriles is 1. The molecular formula is C23H32FNO.